The molecule has 1 N–H and O–H groups in total. The number of aliphatic hydroxyl groups excluding tert-OH is 1. The van der Waals surface area contributed by atoms with E-state index in [0.717, 1.165) is 16.5 Å². The number of pyridine rings is 1. The smallest absolute Gasteiger partial charge is 0.150 e. The largest absolute Gasteiger partial charge is 0.392 e. The van der Waals surface area contributed by atoms with Gasteiger partial charge in [0.15, 0.2) is 9.84 Å². The molecule has 106 valence electrons. The van der Waals surface area contributed by atoms with Crippen molar-refractivity contribution in [2.75, 3.05) is 11.5 Å². The molecule has 2 heterocycles. The molecule has 3 rings (SSSR count). The Morgan fingerprint density at radius 1 is 1.30 bits per heavy atom. The number of sulfone groups is 1. The van der Waals surface area contributed by atoms with Crippen molar-refractivity contribution >= 4 is 20.7 Å². The summed E-state index contributed by atoms with van der Waals surface area (Å²) in [4.78, 5) is 4.29. The summed E-state index contributed by atoms with van der Waals surface area (Å²) < 4.78 is 23.0. The molecule has 0 saturated carbocycles. The van der Waals surface area contributed by atoms with Crippen LogP contribution in [0.1, 0.15) is 12.0 Å². The lowest BCUT2D eigenvalue weighted by Gasteiger charge is -2.17. The maximum absolute atomic E-state index is 11.5. The highest BCUT2D eigenvalue weighted by molar-refractivity contribution is 7.91. The van der Waals surface area contributed by atoms with Crippen LogP contribution in [0.15, 0.2) is 36.5 Å². The second-order valence-electron chi connectivity index (χ2n) is 5.42. The van der Waals surface area contributed by atoms with E-state index in [0.29, 0.717) is 12.8 Å². The highest BCUT2D eigenvalue weighted by Crippen LogP contribution is 2.26. The Bertz CT molecular complexity index is 721. The molecular weight excluding hydrogens is 274 g/mol. The maximum atomic E-state index is 11.5. The third-order valence-electron chi connectivity index (χ3n) is 3.98. The van der Waals surface area contributed by atoms with E-state index in [1.807, 2.05) is 30.3 Å². The highest BCUT2D eigenvalue weighted by atomic mass is 32.2. The third kappa shape index (κ3) is 2.69. The Morgan fingerprint density at radius 2 is 2.10 bits per heavy atom. The van der Waals surface area contributed by atoms with E-state index < -0.39 is 15.9 Å². The lowest BCUT2D eigenvalue weighted by molar-refractivity contribution is 0.120. The molecule has 4 nitrogen and oxygen atoms in total. The SMILES string of the molecule is O=S1(=O)CCC(C(O)Cc2ccnc3ccccc23)C1. The molecule has 1 aliphatic heterocycles. The van der Waals surface area contributed by atoms with Gasteiger partial charge in [-0.05, 0) is 30.5 Å². The minimum Gasteiger partial charge on any atom is -0.392 e. The molecular formula is C15H17NO3S. The van der Waals surface area contributed by atoms with Crippen LogP contribution in [-0.2, 0) is 16.3 Å². The van der Waals surface area contributed by atoms with Crippen molar-refractivity contribution in [2.24, 2.45) is 5.92 Å². The second kappa shape index (κ2) is 5.14. The van der Waals surface area contributed by atoms with Crippen molar-refractivity contribution in [1.29, 1.82) is 0 Å². The molecule has 20 heavy (non-hydrogen) atoms. The topological polar surface area (TPSA) is 67.3 Å². The summed E-state index contributed by atoms with van der Waals surface area (Å²) in [5.74, 6) is 0.162. The van der Waals surface area contributed by atoms with Gasteiger partial charge in [-0.3, -0.25) is 4.98 Å². The van der Waals surface area contributed by atoms with Gasteiger partial charge in [0.25, 0.3) is 0 Å². The van der Waals surface area contributed by atoms with Gasteiger partial charge >= 0.3 is 0 Å². The molecule has 5 heteroatoms. The van der Waals surface area contributed by atoms with Gasteiger partial charge in [0, 0.05) is 17.5 Å². The van der Waals surface area contributed by atoms with Crippen LogP contribution in [0.4, 0.5) is 0 Å². The number of rotatable bonds is 3. The van der Waals surface area contributed by atoms with Crippen molar-refractivity contribution in [3.8, 4) is 0 Å². The molecule has 2 atom stereocenters. The van der Waals surface area contributed by atoms with Crippen molar-refractivity contribution < 1.29 is 13.5 Å². The van der Waals surface area contributed by atoms with E-state index in [1.165, 1.54) is 0 Å². The third-order valence-corrected chi connectivity index (χ3v) is 5.77. The second-order valence-corrected chi connectivity index (χ2v) is 7.65. The van der Waals surface area contributed by atoms with Crippen LogP contribution in [-0.4, -0.2) is 36.1 Å². The molecule has 0 amide bonds. The Hall–Kier alpha value is -1.46. The quantitative estimate of drug-likeness (QED) is 0.932. The van der Waals surface area contributed by atoms with Crippen LogP contribution in [0, 0.1) is 5.92 Å². The van der Waals surface area contributed by atoms with E-state index >= 15 is 0 Å². The molecule has 2 unspecified atom stereocenters. The predicted molar refractivity (Wildman–Crippen MR) is 78.2 cm³/mol. The predicted octanol–water partition coefficient (Wildman–Crippen LogP) is 1.57. The Labute approximate surface area is 118 Å². The number of aromatic nitrogens is 1. The summed E-state index contributed by atoms with van der Waals surface area (Å²) in [5.41, 5.74) is 1.92. The molecule has 1 saturated heterocycles. The lowest BCUT2D eigenvalue weighted by Crippen LogP contribution is -2.24. The normalized spacial score (nSPS) is 22.9. The number of aliphatic hydroxyl groups is 1. The minimum atomic E-state index is -2.95. The minimum absolute atomic E-state index is 0.108. The van der Waals surface area contributed by atoms with Crippen LogP contribution in [0.3, 0.4) is 0 Å². The summed E-state index contributed by atoms with van der Waals surface area (Å²) in [7, 11) is -2.95. The fraction of sp³-hybridized carbons (Fsp3) is 0.400. The molecule has 0 spiro atoms. The lowest BCUT2D eigenvalue weighted by atomic mass is 9.94. The van der Waals surface area contributed by atoms with E-state index in [9.17, 15) is 13.5 Å². The first-order valence-corrected chi connectivity index (χ1v) is 8.58. The van der Waals surface area contributed by atoms with Gasteiger partial charge in [0.1, 0.15) is 0 Å². The van der Waals surface area contributed by atoms with Crippen molar-refractivity contribution in [2.45, 2.75) is 18.9 Å². The first kappa shape index (κ1) is 13.5. The van der Waals surface area contributed by atoms with Gasteiger partial charge in [-0.1, -0.05) is 18.2 Å². The molecule has 1 aliphatic rings. The van der Waals surface area contributed by atoms with Crippen molar-refractivity contribution in [3.05, 3.63) is 42.1 Å². The zero-order chi connectivity index (χ0) is 14.2. The zero-order valence-corrected chi connectivity index (χ0v) is 11.9. The standard InChI is InChI=1S/C15H17NO3S/c17-15(12-6-8-20(18,19)10-12)9-11-5-7-16-14-4-2-1-3-13(11)14/h1-5,7,12,15,17H,6,8-10H2. The first-order chi connectivity index (χ1) is 9.55. The number of nitrogens with zero attached hydrogens (tertiary/aromatic N) is 1. The highest BCUT2D eigenvalue weighted by Gasteiger charge is 2.32. The Balaban J connectivity index is 1.83. The zero-order valence-electron chi connectivity index (χ0n) is 11.1. The average Bonchev–Trinajstić information content (AvgIpc) is 2.80. The summed E-state index contributed by atoms with van der Waals surface area (Å²) in [5, 5.41) is 11.3. The Morgan fingerprint density at radius 3 is 2.85 bits per heavy atom. The number of hydrogen-bond acceptors (Lipinski definition) is 4. The maximum Gasteiger partial charge on any atom is 0.150 e. The van der Waals surface area contributed by atoms with Crippen LogP contribution in [0.5, 0.6) is 0 Å². The average molecular weight is 291 g/mol. The Kier molecular flexibility index (Phi) is 3.48. The van der Waals surface area contributed by atoms with Crippen molar-refractivity contribution in [1.82, 2.24) is 4.98 Å². The molecule has 0 aliphatic carbocycles. The summed E-state index contributed by atoms with van der Waals surface area (Å²) in [6.07, 6.45) is 2.16. The van der Waals surface area contributed by atoms with Crippen LogP contribution >= 0.6 is 0 Å². The number of hydrogen-bond donors (Lipinski definition) is 1. The van der Waals surface area contributed by atoms with E-state index in [4.69, 9.17) is 0 Å². The fourth-order valence-corrected chi connectivity index (χ4v) is 4.72. The van der Waals surface area contributed by atoms with E-state index in [1.54, 1.807) is 6.20 Å². The van der Waals surface area contributed by atoms with Crippen LogP contribution in [0.25, 0.3) is 10.9 Å². The number of benzene rings is 1. The first-order valence-electron chi connectivity index (χ1n) is 6.76. The van der Waals surface area contributed by atoms with Gasteiger partial charge in [0.05, 0.1) is 23.1 Å². The van der Waals surface area contributed by atoms with Gasteiger partial charge in [0.2, 0.25) is 0 Å². The monoisotopic (exact) mass is 291 g/mol. The summed E-state index contributed by atoms with van der Waals surface area (Å²) in [6, 6.07) is 9.69. The van der Waals surface area contributed by atoms with E-state index in [-0.39, 0.29) is 17.4 Å². The summed E-state index contributed by atoms with van der Waals surface area (Å²) in [6.45, 7) is 0. The molecule has 2 aromatic rings. The van der Waals surface area contributed by atoms with Crippen LogP contribution in [0.2, 0.25) is 0 Å². The van der Waals surface area contributed by atoms with Gasteiger partial charge in [-0.25, -0.2) is 8.42 Å². The van der Waals surface area contributed by atoms with Gasteiger partial charge < -0.3 is 5.11 Å². The summed E-state index contributed by atoms with van der Waals surface area (Å²) >= 11 is 0. The number of para-hydroxylation sites is 1. The van der Waals surface area contributed by atoms with Crippen molar-refractivity contribution in [3.63, 3.8) is 0 Å². The molecule has 0 radical (unpaired) electrons. The molecule has 1 aromatic carbocycles. The van der Waals surface area contributed by atoms with Gasteiger partial charge in [-0.2, -0.15) is 0 Å². The molecule has 1 aromatic heterocycles. The fourth-order valence-electron chi connectivity index (χ4n) is 2.85. The van der Waals surface area contributed by atoms with Gasteiger partial charge in [-0.15, -0.1) is 0 Å². The van der Waals surface area contributed by atoms with Crippen LogP contribution < -0.4 is 0 Å². The molecule has 0 bridgehead atoms. The van der Waals surface area contributed by atoms with E-state index in [2.05, 4.69) is 4.98 Å². The number of fused-ring (bicyclic) bond motifs is 1. The molecule has 1 fully saturated rings.